The van der Waals surface area contributed by atoms with Gasteiger partial charge < -0.3 is 68.6 Å². The third kappa shape index (κ3) is 22.7. The minimum absolute atomic E-state index is 0.00740. The molecule has 0 aromatic heterocycles. The summed E-state index contributed by atoms with van der Waals surface area (Å²) in [6, 6.07) is 5.10. The van der Waals surface area contributed by atoms with E-state index in [9.17, 15) is 42.9 Å². The number of aliphatic hydroxyl groups is 3. The van der Waals surface area contributed by atoms with Crippen molar-refractivity contribution in [1.29, 1.82) is 0 Å². The highest BCUT2D eigenvalue weighted by Crippen LogP contribution is 2.33. The van der Waals surface area contributed by atoms with Gasteiger partial charge in [-0.2, -0.15) is 0 Å². The number of benzene rings is 1. The van der Waals surface area contributed by atoms with Crippen molar-refractivity contribution < 1.29 is 80.8 Å². The number of nitrogens with one attached hydrogen (secondary N) is 3. The number of hydrogen-bond acceptors (Lipinski definition) is 17. The molecule has 65 heavy (non-hydrogen) atoms. The molecule has 2 aliphatic rings. The summed E-state index contributed by atoms with van der Waals surface area (Å²) in [7, 11) is -3.80. The van der Waals surface area contributed by atoms with Gasteiger partial charge in [0.15, 0.2) is 0 Å². The second kappa shape index (κ2) is 33.1. The molecule has 1 aromatic rings. The van der Waals surface area contributed by atoms with Crippen LogP contribution in [-0.2, 0) is 62.3 Å². The lowest BCUT2D eigenvalue weighted by Gasteiger charge is -2.43. The topological polar surface area (TPSA) is 276 Å². The molecular formula is C43H70N4O17S. The molecule has 5 atom stereocenters. The Morgan fingerprint density at radius 3 is 1.63 bits per heavy atom. The minimum Gasteiger partial charge on any atom is -0.394 e. The largest absolute Gasteiger partial charge is 0.394 e. The first kappa shape index (κ1) is 55.8. The number of nitrogens with zero attached hydrogens (tertiary/aromatic N) is 1. The van der Waals surface area contributed by atoms with E-state index in [4.69, 9.17) is 37.9 Å². The molecule has 21 nitrogen and oxygen atoms in total. The standard InChI is InChI=1S/C43H70N4O17S/c1-33(49)6-5-7-36-37(64-38(32-48)42(53)41(36)52)8-3-2-4-18-57-22-23-58-19-15-44-43(54)45-16-20-59-24-26-61-28-30-63-31-29-62-27-25-60-21-17-46-65(55,56)35-11-9-34(10-12-35)47-39(50)13-14-40(47)51/h9-14,36-38,41-42,46,48,52-53H,2-8,15-32H2,1H3,(H2,44,45,54)/t36-,37+,38+,41+,42-/m0/s1. The van der Waals surface area contributed by atoms with E-state index in [2.05, 4.69) is 15.4 Å². The maximum atomic E-state index is 12.5. The van der Waals surface area contributed by atoms with Crippen LogP contribution in [0.25, 0.3) is 0 Å². The summed E-state index contributed by atoms with van der Waals surface area (Å²) >= 11 is 0. The second-order valence-corrected chi connectivity index (χ2v) is 17.0. The van der Waals surface area contributed by atoms with Gasteiger partial charge in [-0.25, -0.2) is 22.8 Å². The number of amides is 4. The van der Waals surface area contributed by atoms with Crippen LogP contribution < -0.4 is 20.3 Å². The molecule has 4 amide bonds. The molecule has 1 fully saturated rings. The molecule has 6 N–H and O–H groups in total. The lowest BCUT2D eigenvalue weighted by Crippen LogP contribution is -2.55. The number of Topliss-reactive ketones (excluding diaryl/α,β-unsaturated/α-hetero) is 1. The van der Waals surface area contributed by atoms with Gasteiger partial charge in [0.1, 0.15) is 18.0 Å². The van der Waals surface area contributed by atoms with Crippen molar-refractivity contribution in [2.45, 2.75) is 81.2 Å². The molecule has 1 aromatic carbocycles. The Hall–Kier alpha value is -3.49. The minimum atomic E-state index is -3.80. The molecule has 2 aliphatic heterocycles. The van der Waals surface area contributed by atoms with E-state index in [1.165, 1.54) is 31.2 Å². The van der Waals surface area contributed by atoms with Crippen molar-refractivity contribution in [3.8, 4) is 0 Å². The molecule has 22 heteroatoms. The van der Waals surface area contributed by atoms with Crippen molar-refractivity contribution in [2.24, 2.45) is 5.92 Å². The Labute approximate surface area is 381 Å². The number of urea groups is 1. The average molecular weight is 947 g/mol. The third-order valence-electron chi connectivity index (χ3n) is 10.2. The van der Waals surface area contributed by atoms with E-state index >= 15 is 0 Å². The van der Waals surface area contributed by atoms with Crippen molar-refractivity contribution in [3.05, 3.63) is 36.4 Å². The van der Waals surface area contributed by atoms with Gasteiger partial charge in [0, 0.05) is 50.7 Å². The Morgan fingerprint density at radius 2 is 1.12 bits per heavy atom. The number of unbranched alkanes of at least 4 members (excludes halogenated alkanes) is 2. The zero-order valence-corrected chi connectivity index (χ0v) is 38.3. The monoisotopic (exact) mass is 946 g/mol. The lowest BCUT2D eigenvalue weighted by atomic mass is 9.81. The van der Waals surface area contributed by atoms with Crippen molar-refractivity contribution in [1.82, 2.24) is 15.4 Å². The number of imide groups is 1. The summed E-state index contributed by atoms with van der Waals surface area (Å²) in [6.07, 6.45) is 3.86. The van der Waals surface area contributed by atoms with Gasteiger partial charge in [-0.3, -0.25) is 9.59 Å². The van der Waals surface area contributed by atoms with Gasteiger partial charge in [-0.15, -0.1) is 0 Å². The predicted octanol–water partition coefficient (Wildman–Crippen LogP) is 0.227. The fourth-order valence-corrected chi connectivity index (χ4v) is 7.82. The van der Waals surface area contributed by atoms with E-state index in [0.29, 0.717) is 118 Å². The Kier molecular flexibility index (Phi) is 28.4. The van der Waals surface area contributed by atoms with Gasteiger partial charge in [0.25, 0.3) is 11.8 Å². The zero-order chi connectivity index (χ0) is 47.1. The molecule has 0 bridgehead atoms. The summed E-state index contributed by atoms with van der Waals surface area (Å²) in [5.41, 5.74) is 0.282. The fourth-order valence-electron chi connectivity index (χ4n) is 6.80. The van der Waals surface area contributed by atoms with Crippen LogP contribution in [0.15, 0.2) is 41.3 Å². The van der Waals surface area contributed by atoms with Crippen LogP contribution in [0.4, 0.5) is 10.5 Å². The molecule has 0 unspecified atom stereocenters. The number of carbonyl (C=O) groups excluding carboxylic acids is 4. The normalized spacial score (nSPS) is 19.9. The number of rotatable bonds is 38. The molecule has 370 valence electrons. The number of sulfonamides is 1. The van der Waals surface area contributed by atoms with E-state index in [-0.39, 0.29) is 60.8 Å². The SMILES string of the molecule is CC(=O)CCC[C@@H]1[C@@H](O)[C@@H](O)[C@@H](CO)O[C@@H]1CCCCCOCCOCCNC(=O)NCCOCCOCCOCCOCCOCCNS(=O)(=O)c1ccc(N2C(=O)C=CC2=O)cc1. The van der Waals surface area contributed by atoms with Crippen molar-refractivity contribution >= 4 is 39.3 Å². The number of aliphatic hydroxyl groups excluding tert-OH is 3. The van der Waals surface area contributed by atoms with Gasteiger partial charge in [-0.05, 0) is 56.9 Å². The highest BCUT2D eigenvalue weighted by molar-refractivity contribution is 7.89. The number of carbonyl (C=O) groups is 4. The quantitative estimate of drug-likeness (QED) is 0.0382. The summed E-state index contributed by atoms with van der Waals surface area (Å²) in [6.45, 7) is 6.88. The van der Waals surface area contributed by atoms with Gasteiger partial charge >= 0.3 is 6.03 Å². The van der Waals surface area contributed by atoms with E-state index in [1.807, 2.05) is 0 Å². The molecule has 1 saturated heterocycles. The lowest BCUT2D eigenvalue weighted by molar-refractivity contribution is -0.212. The van der Waals surface area contributed by atoms with Crippen LogP contribution in [0.3, 0.4) is 0 Å². The number of ketones is 1. The van der Waals surface area contributed by atoms with E-state index < -0.39 is 40.1 Å². The average Bonchev–Trinajstić information content (AvgIpc) is 3.63. The van der Waals surface area contributed by atoms with Crippen LogP contribution in [0, 0.1) is 5.92 Å². The molecule has 3 rings (SSSR count). The molecule has 2 heterocycles. The number of ether oxygens (including phenoxy) is 8. The van der Waals surface area contributed by atoms with E-state index in [0.717, 1.165) is 36.3 Å². The highest BCUT2D eigenvalue weighted by Gasteiger charge is 2.43. The van der Waals surface area contributed by atoms with Crippen LogP contribution in [0.2, 0.25) is 0 Å². The van der Waals surface area contributed by atoms with Crippen LogP contribution in [0.5, 0.6) is 0 Å². The summed E-state index contributed by atoms with van der Waals surface area (Å²) in [5, 5.41) is 35.9. The Balaban J connectivity index is 1.01. The Morgan fingerprint density at radius 1 is 0.631 bits per heavy atom. The zero-order valence-electron chi connectivity index (χ0n) is 37.4. The first-order valence-electron chi connectivity index (χ1n) is 22.3. The Bertz CT molecular complexity index is 1640. The van der Waals surface area contributed by atoms with Crippen LogP contribution in [0.1, 0.15) is 51.9 Å². The second-order valence-electron chi connectivity index (χ2n) is 15.2. The number of hydrogen-bond donors (Lipinski definition) is 6. The van der Waals surface area contributed by atoms with E-state index in [1.54, 1.807) is 0 Å². The number of anilines is 1. The van der Waals surface area contributed by atoms with Crippen molar-refractivity contribution in [2.75, 3.05) is 124 Å². The summed E-state index contributed by atoms with van der Waals surface area (Å²) in [5.74, 6) is -1.18. The van der Waals surface area contributed by atoms with Gasteiger partial charge in [0.05, 0.1) is 115 Å². The molecule has 0 saturated carbocycles. The fraction of sp³-hybridized carbons (Fsp3) is 0.721. The third-order valence-corrected chi connectivity index (χ3v) is 11.7. The van der Waals surface area contributed by atoms with Gasteiger partial charge in [-0.1, -0.05) is 12.8 Å². The summed E-state index contributed by atoms with van der Waals surface area (Å²) < 4.78 is 71.7. The van der Waals surface area contributed by atoms with Crippen LogP contribution >= 0.6 is 0 Å². The predicted molar refractivity (Wildman–Crippen MR) is 235 cm³/mol. The van der Waals surface area contributed by atoms with Crippen LogP contribution in [-0.4, -0.2) is 191 Å². The maximum Gasteiger partial charge on any atom is 0.314 e. The van der Waals surface area contributed by atoms with Crippen molar-refractivity contribution in [3.63, 3.8) is 0 Å². The summed E-state index contributed by atoms with van der Waals surface area (Å²) in [4.78, 5) is 47.8. The molecule has 0 aliphatic carbocycles. The highest BCUT2D eigenvalue weighted by atomic mass is 32.2. The van der Waals surface area contributed by atoms with Gasteiger partial charge in [0.2, 0.25) is 10.0 Å². The maximum absolute atomic E-state index is 12.5. The first-order chi connectivity index (χ1) is 31.4. The first-order valence-corrected chi connectivity index (χ1v) is 23.8. The molecule has 0 radical (unpaired) electrons. The molecule has 0 spiro atoms. The smallest absolute Gasteiger partial charge is 0.314 e. The molecular weight excluding hydrogens is 877 g/mol.